The van der Waals surface area contributed by atoms with Gasteiger partial charge in [0.15, 0.2) is 0 Å². The third-order valence-electron chi connectivity index (χ3n) is 3.69. The van der Waals surface area contributed by atoms with Gasteiger partial charge in [-0.25, -0.2) is 4.79 Å². The van der Waals surface area contributed by atoms with Crippen molar-refractivity contribution in [3.05, 3.63) is 46.7 Å². The number of hydrogen-bond donors (Lipinski definition) is 1. The molecular weight excluding hydrogens is 310 g/mol. The summed E-state index contributed by atoms with van der Waals surface area (Å²) in [5, 5.41) is 9.59. The average molecular weight is 331 g/mol. The van der Waals surface area contributed by atoms with Crippen molar-refractivity contribution in [3.8, 4) is 5.75 Å². The zero-order chi connectivity index (χ0) is 17.7. The van der Waals surface area contributed by atoms with E-state index < -0.39 is 5.97 Å². The van der Waals surface area contributed by atoms with Gasteiger partial charge in [0, 0.05) is 19.4 Å². The summed E-state index contributed by atoms with van der Waals surface area (Å²) in [4.78, 5) is 26.5. The molecule has 0 radical (unpaired) electrons. The van der Waals surface area contributed by atoms with Crippen molar-refractivity contribution in [2.75, 3.05) is 26.9 Å². The first-order chi connectivity index (χ1) is 11.5. The fourth-order valence-electron chi connectivity index (χ4n) is 2.56. The van der Waals surface area contributed by atoms with Crippen LogP contribution in [0.3, 0.4) is 0 Å². The molecule has 1 heterocycles. The molecule has 0 fully saturated rings. The normalized spacial score (nSPS) is 16.2. The van der Waals surface area contributed by atoms with Gasteiger partial charge in [-0.05, 0) is 37.6 Å². The van der Waals surface area contributed by atoms with Crippen molar-refractivity contribution >= 4 is 18.0 Å². The molecule has 0 atom stereocenters. The van der Waals surface area contributed by atoms with Crippen LogP contribution in [-0.2, 0) is 19.1 Å². The Morgan fingerprint density at radius 1 is 1.38 bits per heavy atom. The summed E-state index contributed by atoms with van der Waals surface area (Å²) in [6.45, 7) is 4.36. The maximum atomic E-state index is 12.7. The molecule has 0 aliphatic carbocycles. The lowest BCUT2D eigenvalue weighted by Crippen LogP contribution is -2.28. The number of aromatic hydroxyl groups is 1. The van der Waals surface area contributed by atoms with Crippen molar-refractivity contribution in [2.24, 2.45) is 0 Å². The topological polar surface area (TPSA) is 76.1 Å². The summed E-state index contributed by atoms with van der Waals surface area (Å²) in [5.41, 5.74) is 1.68. The molecule has 0 spiro atoms. The first-order valence-corrected chi connectivity index (χ1v) is 7.69. The number of carbonyl (C=O) groups excluding carboxylic acids is 2. The van der Waals surface area contributed by atoms with E-state index in [4.69, 9.17) is 9.47 Å². The van der Waals surface area contributed by atoms with Crippen molar-refractivity contribution < 1.29 is 24.2 Å². The molecule has 0 bridgehead atoms. The number of benzene rings is 1. The van der Waals surface area contributed by atoms with Gasteiger partial charge in [-0.3, -0.25) is 4.79 Å². The fourth-order valence-corrected chi connectivity index (χ4v) is 2.56. The zero-order valence-corrected chi connectivity index (χ0v) is 14.0. The van der Waals surface area contributed by atoms with Gasteiger partial charge < -0.3 is 19.5 Å². The molecule has 1 N–H and O–H groups in total. The number of phenols is 1. The van der Waals surface area contributed by atoms with E-state index in [-0.39, 0.29) is 29.4 Å². The van der Waals surface area contributed by atoms with E-state index in [1.807, 2.05) is 0 Å². The fraction of sp³-hybridized carbons (Fsp3) is 0.333. The van der Waals surface area contributed by atoms with E-state index in [1.54, 1.807) is 39.2 Å². The minimum atomic E-state index is -0.533. The molecule has 128 valence electrons. The number of nitrogens with zero attached hydrogens (tertiary/aromatic N) is 1. The Bertz CT molecular complexity index is 705. The van der Waals surface area contributed by atoms with E-state index in [0.717, 1.165) is 0 Å². The number of carbonyl (C=O) groups is 2. The van der Waals surface area contributed by atoms with Crippen LogP contribution in [0.2, 0.25) is 0 Å². The van der Waals surface area contributed by atoms with E-state index >= 15 is 0 Å². The standard InChI is InChI=1S/C18H21NO5/c1-4-24-18(22)16-12(2)19(8-9-23-3)17(21)15(16)11-13-6-5-7-14(20)10-13/h5-7,10-11,20H,4,8-9H2,1-3H3/b15-11-. The van der Waals surface area contributed by atoms with E-state index in [2.05, 4.69) is 0 Å². The molecule has 1 aromatic rings. The lowest BCUT2D eigenvalue weighted by atomic mass is 10.0. The summed E-state index contributed by atoms with van der Waals surface area (Å²) in [5.74, 6) is -0.727. The number of amides is 1. The van der Waals surface area contributed by atoms with E-state index in [0.29, 0.717) is 24.4 Å². The monoisotopic (exact) mass is 331 g/mol. The molecule has 0 saturated carbocycles. The average Bonchev–Trinajstić information content (AvgIpc) is 2.76. The highest BCUT2D eigenvalue weighted by Crippen LogP contribution is 2.31. The number of hydrogen-bond acceptors (Lipinski definition) is 5. The lowest BCUT2D eigenvalue weighted by molar-refractivity contribution is -0.138. The van der Waals surface area contributed by atoms with Crippen LogP contribution in [0.25, 0.3) is 6.08 Å². The van der Waals surface area contributed by atoms with Crippen LogP contribution in [0, 0.1) is 0 Å². The van der Waals surface area contributed by atoms with Gasteiger partial charge >= 0.3 is 5.97 Å². The Labute approximate surface area is 141 Å². The van der Waals surface area contributed by atoms with Crippen LogP contribution in [0.4, 0.5) is 0 Å². The summed E-state index contributed by atoms with van der Waals surface area (Å²) in [7, 11) is 1.55. The van der Waals surface area contributed by atoms with Gasteiger partial charge in [0.05, 0.1) is 24.4 Å². The Morgan fingerprint density at radius 3 is 2.75 bits per heavy atom. The highest BCUT2D eigenvalue weighted by Gasteiger charge is 2.36. The number of allylic oxidation sites excluding steroid dienone is 1. The highest BCUT2D eigenvalue weighted by molar-refractivity contribution is 6.16. The van der Waals surface area contributed by atoms with Gasteiger partial charge in [-0.2, -0.15) is 0 Å². The minimum Gasteiger partial charge on any atom is -0.508 e. The molecule has 0 aromatic heterocycles. The molecule has 24 heavy (non-hydrogen) atoms. The predicted octanol–water partition coefficient (Wildman–Crippen LogP) is 2.10. The molecule has 2 rings (SSSR count). The van der Waals surface area contributed by atoms with E-state index in [1.165, 1.54) is 17.0 Å². The second kappa shape index (κ2) is 7.79. The summed E-state index contributed by atoms with van der Waals surface area (Å²) < 4.78 is 10.1. The zero-order valence-electron chi connectivity index (χ0n) is 14.0. The summed E-state index contributed by atoms with van der Waals surface area (Å²) in [6, 6.07) is 6.48. The van der Waals surface area contributed by atoms with Crippen LogP contribution in [0.1, 0.15) is 19.4 Å². The molecule has 1 aliphatic rings. The molecule has 6 nitrogen and oxygen atoms in total. The quantitative estimate of drug-likeness (QED) is 0.638. The molecule has 1 amide bonds. The second-order valence-corrected chi connectivity index (χ2v) is 5.28. The maximum absolute atomic E-state index is 12.7. The van der Waals surface area contributed by atoms with Crippen LogP contribution in [0.5, 0.6) is 5.75 Å². The molecule has 0 unspecified atom stereocenters. The Balaban J connectivity index is 2.46. The Hall–Kier alpha value is -2.60. The molecule has 1 aliphatic heterocycles. The van der Waals surface area contributed by atoms with Gasteiger partial charge in [0.25, 0.3) is 5.91 Å². The van der Waals surface area contributed by atoms with Crippen molar-refractivity contribution in [1.82, 2.24) is 4.90 Å². The van der Waals surface area contributed by atoms with Gasteiger partial charge in [-0.15, -0.1) is 0 Å². The van der Waals surface area contributed by atoms with Crippen molar-refractivity contribution in [1.29, 1.82) is 0 Å². The first kappa shape index (κ1) is 17.7. The van der Waals surface area contributed by atoms with Crippen molar-refractivity contribution in [2.45, 2.75) is 13.8 Å². The highest BCUT2D eigenvalue weighted by atomic mass is 16.5. The minimum absolute atomic E-state index is 0.0874. The SMILES string of the molecule is CCOC(=O)C1=C(C)N(CCOC)C(=O)/C1=C\c1cccc(O)c1. The number of methoxy groups -OCH3 is 1. The number of phenolic OH excluding ortho intramolecular Hbond substituents is 1. The van der Waals surface area contributed by atoms with Gasteiger partial charge in [-0.1, -0.05) is 12.1 Å². The Kier molecular flexibility index (Phi) is 5.76. The number of ether oxygens (including phenoxy) is 2. The molecular formula is C18H21NO5. The Morgan fingerprint density at radius 2 is 2.12 bits per heavy atom. The van der Waals surface area contributed by atoms with Crippen molar-refractivity contribution in [3.63, 3.8) is 0 Å². The van der Waals surface area contributed by atoms with Gasteiger partial charge in [0.2, 0.25) is 0 Å². The second-order valence-electron chi connectivity index (χ2n) is 5.28. The van der Waals surface area contributed by atoms with Gasteiger partial charge in [0.1, 0.15) is 5.75 Å². The summed E-state index contributed by atoms with van der Waals surface area (Å²) in [6.07, 6.45) is 1.59. The largest absolute Gasteiger partial charge is 0.508 e. The molecule has 1 aromatic carbocycles. The van der Waals surface area contributed by atoms with Crippen LogP contribution in [-0.4, -0.2) is 48.8 Å². The number of esters is 1. The molecule has 6 heteroatoms. The summed E-state index contributed by atoms with van der Waals surface area (Å²) >= 11 is 0. The third kappa shape index (κ3) is 3.65. The van der Waals surface area contributed by atoms with E-state index in [9.17, 15) is 14.7 Å². The molecule has 0 saturated heterocycles. The van der Waals surface area contributed by atoms with Crippen LogP contribution < -0.4 is 0 Å². The lowest BCUT2D eigenvalue weighted by Gasteiger charge is -2.16. The van der Waals surface area contributed by atoms with Crippen LogP contribution in [0.15, 0.2) is 41.1 Å². The maximum Gasteiger partial charge on any atom is 0.340 e. The van der Waals surface area contributed by atoms with Crippen LogP contribution >= 0.6 is 0 Å². The predicted molar refractivity (Wildman–Crippen MR) is 89.0 cm³/mol. The number of rotatable bonds is 6. The first-order valence-electron chi connectivity index (χ1n) is 7.69. The third-order valence-corrected chi connectivity index (χ3v) is 3.69. The smallest absolute Gasteiger partial charge is 0.340 e.